The van der Waals surface area contributed by atoms with E-state index in [0.717, 1.165) is 12.0 Å². The summed E-state index contributed by atoms with van der Waals surface area (Å²) in [4.78, 5) is 0. The summed E-state index contributed by atoms with van der Waals surface area (Å²) >= 11 is 0. The van der Waals surface area contributed by atoms with E-state index in [0.29, 0.717) is 6.54 Å². The van der Waals surface area contributed by atoms with Gasteiger partial charge in [0.05, 0.1) is 12.6 Å². The molecule has 0 heterocycles. The van der Waals surface area contributed by atoms with Gasteiger partial charge in [0.15, 0.2) is 0 Å². The fourth-order valence-corrected chi connectivity index (χ4v) is 1.98. The Morgan fingerprint density at radius 3 is 2.86 bits per heavy atom. The summed E-state index contributed by atoms with van der Waals surface area (Å²) in [6, 6.07) is 8.15. The second-order valence-corrected chi connectivity index (χ2v) is 3.52. The Morgan fingerprint density at radius 1 is 1.43 bits per heavy atom. The van der Waals surface area contributed by atoms with Crippen molar-refractivity contribution in [2.45, 2.75) is 18.6 Å². The lowest BCUT2D eigenvalue weighted by molar-refractivity contribution is 0.169. The third-order valence-corrected chi connectivity index (χ3v) is 2.64. The van der Waals surface area contributed by atoms with Crippen molar-refractivity contribution in [3.63, 3.8) is 0 Å². The van der Waals surface area contributed by atoms with Gasteiger partial charge in [-0.15, -0.1) is 6.42 Å². The first kappa shape index (κ1) is 9.26. The van der Waals surface area contributed by atoms with Crippen LogP contribution in [0.5, 0.6) is 0 Å². The summed E-state index contributed by atoms with van der Waals surface area (Å²) < 4.78 is 0. The molecule has 2 nitrogen and oxygen atoms in total. The van der Waals surface area contributed by atoms with E-state index in [9.17, 15) is 5.11 Å². The van der Waals surface area contributed by atoms with Crippen LogP contribution in [0.15, 0.2) is 24.3 Å². The van der Waals surface area contributed by atoms with E-state index in [1.807, 2.05) is 24.3 Å². The van der Waals surface area contributed by atoms with Crippen molar-refractivity contribution in [2.24, 2.45) is 0 Å². The van der Waals surface area contributed by atoms with Crippen LogP contribution in [0.1, 0.15) is 29.7 Å². The molecule has 2 atom stereocenters. The van der Waals surface area contributed by atoms with Gasteiger partial charge in [0.1, 0.15) is 0 Å². The van der Waals surface area contributed by atoms with Gasteiger partial charge in [-0.3, -0.25) is 5.32 Å². The number of aliphatic hydroxyl groups excluding tert-OH is 1. The lowest BCUT2D eigenvalue weighted by Crippen LogP contribution is -2.19. The Labute approximate surface area is 84.0 Å². The summed E-state index contributed by atoms with van der Waals surface area (Å²) in [6.45, 7) is 0.547. The van der Waals surface area contributed by atoms with Crippen molar-refractivity contribution in [3.8, 4) is 12.3 Å². The van der Waals surface area contributed by atoms with Gasteiger partial charge in [-0.1, -0.05) is 30.2 Å². The van der Waals surface area contributed by atoms with E-state index in [1.165, 1.54) is 5.56 Å². The highest BCUT2D eigenvalue weighted by molar-refractivity contribution is 5.36. The molecule has 0 aromatic heterocycles. The molecule has 1 aliphatic rings. The molecule has 0 saturated heterocycles. The SMILES string of the molecule is C#CCN[C@H]1C[C@@H](O)c2ccccc21. The van der Waals surface area contributed by atoms with E-state index >= 15 is 0 Å². The summed E-state index contributed by atoms with van der Waals surface area (Å²) in [5, 5.41) is 13.0. The topological polar surface area (TPSA) is 32.3 Å². The molecule has 14 heavy (non-hydrogen) atoms. The average molecular weight is 187 g/mol. The Kier molecular flexibility index (Phi) is 2.53. The van der Waals surface area contributed by atoms with Crippen molar-refractivity contribution in [3.05, 3.63) is 35.4 Å². The first-order chi connectivity index (χ1) is 6.83. The monoisotopic (exact) mass is 187 g/mol. The number of rotatable bonds is 2. The largest absolute Gasteiger partial charge is 0.388 e. The highest BCUT2D eigenvalue weighted by Crippen LogP contribution is 2.37. The van der Waals surface area contributed by atoms with Crippen LogP contribution in [0, 0.1) is 12.3 Å². The van der Waals surface area contributed by atoms with E-state index in [1.54, 1.807) is 0 Å². The van der Waals surface area contributed by atoms with Crippen molar-refractivity contribution < 1.29 is 5.11 Å². The first-order valence-corrected chi connectivity index (χ1v) is 4.76. The zero-order valence-corrected chi connectivity index (χ0v) is 7.90. The Balaban J connectivity index is 2.22. The molecule has 1 aromatic rings. The van der Waals surface area contributed by atoms with Crippen molar-refractivity contribution >= 4 is 0 Å². The molecular weight excluding hydrogens is 174 g/mol. The summed E-state index contributed by atoms with van der Waals surface area (Å²) in [5.41, 5.74) is 2.21. The molecule has 0 unspecified atom stereocenters. The van der Waals surface area contributed by atoms with Crippen LogP contribution < -0.4 is 5.32 Å². The zero-order chi connectivity index (χ0) is 9.97. The highest BCUT2D eigenvalue weighted by atomic mass is 16.3. The summed E-state index contributed by atoms with van der Waals surface area (Å²) in [5.74, 6) is 2.55. The van der Waals surface area contributed by atoms with Gasteiger partial charge in [-0.05, 0) is 17.5 Å². The van der Waals surface area contributed by atoms with Crippen molar-refractivity contribution in [2.75, 3.05) is 6.54 Å². The van der Waals surface area contributed by atoms with Crippen LogP contribution in [0.25, 0.3) is 0 Å². The smallest absolute Gasteiger partial charge is 0.0811 e. The van der Waals surface area contributed by atoms with Gasteiger partial charge < -0.3 is 5.11 Å². The van der Waals surface area contributed by atoms with E-state index in [4.69, 9.17) is 6.42 Å². The number of aliphatic hydroxyl groups is 1. The average Bonchev–Trinajstić information content (AvgIpc) is 2.54. The van der Waals surface area contributed by atoms with Crippen LogP contribution in [0.2, 0.25) is 0 Å². The van der Waals surface area contributed by atoms with Gasteiger partial charge in [0.2, 0.25) is 0 Å². The molecule has 0 amide bonds. The minimum Gasteiger partial charge on any atom is -0.388 e. The Hall–Kier alpha value is -1.30. The van der Waals surface area contributed by atoms with Gasteiger partial charge >= 0.3 is 0 Å². The van der Waals surface area contributed by atoms with E-state index in [2.05, 4.69) is 11.2 Å². The van der Waals surface area contributed by atoms with Crippen LogP contribution >= 0.6 is 0 Å². The molecule has 1 aromatic carbocycles. The number of hydrogen-bond donors (Lipinski definition) is 2. The molecule has 0 fully saturated rings. The fourth-order valence-electron chi connectivity index (χ4n) is 1.98. The molecule has 0 saturated carbocycles. The summed E-state index contributed by atoms with van der Waals surface area (Å²) in [6.07, 6.45) is 5.56. The summed E-state index contributed by atoms with van der Waals surface area (Å²) in [7, 11) is 0. The maximum atomic E-state index is 9.76. The van der Waals surface area contributed by atoms with E-state index < -0.39 is 0 Å². The molecule has 0 radical (unpaired) electrons. The normalized spacial score (nSPS) is 24.3. The molecule has 0 spiro atoms. The second-order valence-electron chi connectivity index (χ2n) is 3.52. The molecule has 2 N–H and O–H groups in total. The minimum atomic E-state index is -0.346. The van der Waals surface area contributed by atoms with E-state index in [-0.39, 0.29) is 12.1 Å². The quantitative estimate of drug-likeness (QED) is 0.686. The number of hydrogen-bond acceptors (Lipinski definition) is 2. The Morgan fingerprint density at radius 2 is 2.14 bits per heavy atom. The van der Waals surface area contributed by atoms with Crippen LogP contribution in [0.4, 0.5) is 0 Å². The third-order valence-electron chi connectivity index (χ3n) is 2.64. The maximum Gasteiger partial charge on any atom is 0.0811 e. The lowest BCUT2D eigenvalue weighted by atomic mass is 10.1. The molecule has 1 aliphatic carbocycles. The van der Waals surface area contributed by atoms with Gasteiger partial charge in [0, 0.05) is 6.04 Å². The molecule has 0 bridgehead atoms. The standard InChI is InChI=1S/C12H13NO/c1-2-7-13-11-8-12(14)10-6-4-3-5-9(10)11/h1,3-6,11-14H,7-8H2/t11-,12+/m0/s1. The van der Waals surface area contributed by atoms with Crippen LogP contribution in [0.3, 0.4) is 0 Å². The fraction of sp³-hybridized carbons (Fsp3) is 0.333. The number of fused-ring (bicyclic) bond motifs is 1. The number of terminal acetylenes is 1. The first-order valence-electron chi connectivity index (χ1n) is 4.76. The van der Waals surface area contributed by atoms with Crippen molar-refractivity contribution in [1.82, 2.24) is 5.32 Å². The highest BCUT2D eigenvalue weighted by Gasteiger charge is 2.28. The predicted molar refractivity (Wildman–Crippen MR) is 55.6 cm³/mol. The van der Waals surface area contributed by atoms with Crippen LogP contribution in [-0.4, -0.2) is 11.7 Å². The van der Waals surface area contributed by atoms with Gasteiger partial charge in [0.25, 0.3) is 0 Å². The molecule has 72 valence electrons. The number of benzene rings is 1. The minimum absolute atomic E-state index is 0.206. The molecule has 2 rings (SSSR count). The molecular formula is C12H13NO. The lowest BCUT2D eigenvalue weighted by Gasteiger charge is -2.10. The Bertz CT molecular complexity index is 367. The maximum absolute atomic E-state index is 9.76. The molecule has 0 aliphatic heterocycles. The van der Waals surface area contributed by atoms with Crippen LogP contribution in [-0.2, 0) is 0 Å². The third kappa shape index (κ3) is 1.52. The molecule has 2 heteroatoms. The van der Waals surface area contributed by atoms with Gasteiger partial charge in [-0.2, -0.15) is 0 Å². The van der Waals surface area contributed by atoms with Crippen molar-refractivity contribution in [1.29, 1.82) is 0 Å². The second kappa shape index (κ2) is 3.83. The predicted octanol–water partition coefficient (Wildman–Crippen LogP) is 1.39. The number of nitrogens with one attached hydrogen (secondary N) is 1. The van der Waals surface area contributed by atoms with Gasteiger partial charge in [-0.25, -0.2) is 0 Å². The zero-order valence-electron chi connectivity index (χ0n) is 7.90.